The van der Waals surface area contributed by atoms with E-state index in [1.54, 1.807) is 6.92 Å². The maximum absolute atomic E-state index is 12.5. The van der Waals surface area contributed by atoms with Gasteiger partial charge in [0.15, 0.2) is 0 Å². The van der Waals surface area contributed by atoms with Crippen LogP contribution in [0.1, 0.15) is 53.4 Å². The van der Waals surface area contributed by atoms with Crippen LogP contribution in [0.3, 0.4) is 0 Å². The van der Waals surface area contributed by atoms with E-state index in [9.17, 15) is 9.59 Å². The minimum atomic E-state index is -0.375. The predicted molar refractivity (Wildman–Crippen MR) is 74.5 cm³/mol. The molecule has 2 fully saturated rings. The molecule has 0 aromatic carbocycles. The minimum absolute atomic E-state index is 0.0142. The lowest BCUT2D eigenvalue weighted by Gasteiger charge is -2.46. The van der Waals surface area contributed by atoms with E-state index < -0.39 is 0 Å². The largest absolute Gasteiger partial charge is 0.343 e. The van der Waals surface area contributed by atoms with E-state index in [4.69, 9.17) is 0 Å². The first kappa shape index (κ1) is 14.4. The summed E-state index contributed by atoms with van der Waals surface area (Å²) in [6, 6.07) is -0.420. The molecule has 0 radical (unpaired) electrons. The molecule has 4 unspecified atom stereocenters. The van der Waals surface area contributed by atoms with E-state index >= 15 is 0 Å². The summed E-state index contributed by atoms with van der Waals surface area (Å²) >= 11 is 0. The van der Waals surface area contributed by atoms with Crippen molar-refractivity contribution in [2.24, 2.45) is 11.8 Å². The van der Waals surface area contributed by atoms with Crippen molar-refractivity contribution in [3.05, 3.63) is 0 Å². The zero-order chi connectivity index (χ0) is 14.2. The summed E-state index contributed by atoms with van der Waals surface area (Å²) in [4.78, 5) is 26.6. The maximum atomic E-state index is 12.5. The van der Waals surface area contributed by atoms with Crippen molar-refractivity contribution >= 4 is 11.8 Å². The van der Waals surface area contributed by atoms with Crippen molar-refractivity contribution < 1.29 is 9.59 Å². The molecular weight excluding hydrogens is 240 g/mol. The van der Waals surface area contributed by atoms with Gasteiger partial charge in [-0.25, -0.2) is 0 Å². The molecule has 4 nitrogen and oxygen atoms in total. The van der Waals surface area contributed by atoms with Crippen molar-refractivity contribution in [3.8, 4) is 0 Å². The van der Waals surface area contributed by atoms with Crippen molar-refractivity contribution in [2.75, 3.05) is 0 Å². The van der Waals surface area contributed by atoms with Gasteiger partial charge in [0.2, 0.25) is 11.8 Å². The van der Waals surface area contributed by atoms with Gasteiger partial charge in [0.25, 0.3) is 0 Å². The third kappa shape index (κ3) is 2.77. The van der Waals surface area contributed by atoms with Crippen LogP contribution in [0.4, 0.5) is 0 Å². The highest BCUT2D eigenvalue weighted by Gasteiger charge is 2.44. The lowest BCUT2D eigenvalue weighted by atomic mass is 9.83. The SMILES string of the molecule is CC1CCCC(N2C(=O)C(C)NC(=O)C2C(C)C)C1. The highest BCUT2D eigenvalue weighted by atomic mass is 16.2. The lowest BCUT2D eigenvalue weighted by Crippen LogP contribution is -2.66. The summed E-state index contributed by atoms with van der Waals surface area (Å²) in [5.41, 5.74) is 0. The Morgan fingerprint density at radius 3 is 2.47 bits per heavy atom. The smallest absolute Gasteiger partial charge is 0.245 e. The van der Waals surface area contributed by atoms with Gasteiger partial charge in [-0.05, 0) is 31.6 Å². The number of nitrogens with one attached hydrogen (secondary N) is 1. The Hall–Kier alpha value is -1.06. The maximum Gasteiger partial charge on any atom is 0.245 e. The second-order valence-electron chi connectivity index (χ2n) is 6.59. The molecule has 1 heterocycles. The minimum Gasteiger partial charge on any atom is -0.343 e. The zero-order valence-corrected chi connectivity index (χ0v) is 12.5. The highest BCUT2D eigenvalue weighted by molar-refractivity contribution is 5.97. The Labute approximate surface area is 115 Å². The van der Waals surface area contributed by atoms with E-state index in [0.717, 1.165) is 19.3 Å². The summed E-state index contributed by atoms with van der Waals surface area (Å²) < 4.78 is 0. The van der Waals surface area contributed by atoms with Crippen molar-refractivity contribution in [1.29, 1.82) is 0 Å². The van der Waals surface area contributed by atoms with Gasteiger partial charge in [0, 0.05) is 6.04 Å². The third-order valence-electron chi connectivity index (χ3n) is 4.49. The third-order valence-corrected chi connectivity index (χ3v) is 4.49. The van der Waals surface area contributed by atoms with Crippen LogP contribution in [-0.4, -0.2) is 34.8 Å². The molecule has 1 aliphatic carbocycles. The van der Waals surface area contributed by atoms with Gasteiger partial charge < -0.3 is 10.2 Å². The van der Waals surface area contributed by atoms with Gasteiger partial charge >= 0.3 is 0 Å². The number of nitrogens with zero attached hydrogens (tertiary/aromatic N) is 1. The second kappa shape index (κ2) is 5.51. The van der Waals surface area contributed by atoms with Gasteiger partial charge in [-0.2, -0.15) is 0 Å². The van der Waals surface area contributed by atoms with Crippen molar-refractivity contribution in [2.45, 2.75) is 71.5 Å². The Bertz CT molecular complexity index is 367. The van der Waals surface area contributed by atoms with Gasteiger partial charge in [0.1, 0.15) is 12.1 Å². The molecule has 0 spiro atoms. The van der Waals surface area contributed by atoms with E-state index in [1.165, 1.54) is 6.42 Å². The predicted octanol–water partition coefficient (Wildman–Crippen LogP) is 1.94. The van der Waals surface area contributed by atoms with Crippen LogP contribution in [0.5, 0.6) is 0 Å². The molecule has 4 atom stereocenters. The zero-order valence-electron chi connectivity index (χ0n) is 12.5. The van der Waals surface area contributed by atoms with Crippen LogP contribution in [0.25, 0.3) is 0 Å². The monoisotopic (exact) mass is 266 g/mol. The molecule has 0 aromatic rings. The van der Waals surface area contributed by atoms with E-state index in [1.807, 2.05) is 18.7 Å². The number of rotatable bonds is 2. The molecule has 1 aliphatic heterocycles. The molecule has 19 heavy (non-hydrogen) atoms. The Balaban J connectivity index is 2.25. The molecule has 0 bridgehead atoms. The molecule has 1 saturated heterocycles. The summed E-state index contributed by atoms with van der Waals surface area (Å²) in [7, 11) is 0. The second-order valence-corrected chi connectivity index (χ2v) is 6.59. The first-order chi connectivity index (χ1) is 8.91. The fourth-order valence-corrected chi connectivity index (χ4v) is 3.53. The summed E-state index contributed by atoms with van der Waals surface area (Å²) in [6.45, 7) is 8.07. The van der Waals surface area contributed by atoms with Gasteiger partial charge in [-0.15, -0.1) is 0 Å². The van der Waals surface area contributed by atoms with E-state index in [2.05, 4.69) is 12.2 Å². The quantitative estimate of drug-likeness (QED) is 0.830. The number of amides is 2. The van der Waals surface area contributed by atoms with Gasteiger partial charge in [-0.1, -0.05) is 33.6 Å². The Morgan fingerprint density at radius 2 is 1.89 bits per heavy atom. The number of piperazine rings is 1. The van der Waals surface area contributed by atoms with Gasteiger partial charge in [-0.3, -0.25) is 9.59 Å². The van der Waals surface area contributed by atoms with E-state index in [0.29, 0.717) is 5.92 Å². The standard InChI is InChI=1S/C15H26N2O2/c1-9(2)13-14(18)16-11(4)15(19)17(13)12-7-5-6-10(3)8-12/h9-13H,5-8H2,1-4H3,(H,16,18). The van der Waals surface area contributed by atoms with Crippen LogP contribution < -0.4 is 5.32 Å². The van der Waals surface area contributed by atoms with Crippen molar-refractivity contribution in [1.82, 2.24) is 10.2 Å². The lowest BCUT2D eigenvalue weighted by molar-refractivity contribution is -0.154. The molecular formula is C15H26N2O2. The average Bonchev–Trinajstić information content (AvgIpc) is 2.32. The molecule has 2 amide bonds. The first-order valence-electron chi connectivity index (χ1n) is 7.54. The molecule has 4 heteroatoms. The molecule has 0 aromatic heterocycles. The van der Waals surface area contributed by atoms with Crippen LogP contribution in [0.2, 0.25) is 0 Å². The average molecular weight is 266 g/mol. The number of carbonyl (C=O) groups is 2. The first-order valence-corrected chi connectivity index (χ1v) is 7.54. The number of hydrogen-bond donors (Lipinski definition) is 1. The van der Waals surface area contributed by atoms with Crippen LogP contribution in [0, 0.1) is 11.8 Å². The molecule has 2 aliphatic rings. The number of carbonyl (C=O) groups excluding carboxylic acids is 2. The van der Waals surface area contributed by atoms with Crippen molar-refractivity contribution in [3.63, 3.8) is 0 Å². The summed E-state index contributed by atoms with van der Waals surface area (Å²) in [5, 5.41) is 2.81. The molecule has 2 rings (SSSR count). The normalized spacial score (nSPS) is 36.6. The van der Waals surface area contributed by atoms with Crippen LogP contribution >= 0.6 is 0 Å². The van der Waals surface area contributed by atoms with E-state index in [-0.39, 0.29) is 35.9 Å². The molecule has 1 N–H and O–H groups in total. The Morgan fingerprint density at radius 1 is 1.21 bits per heavy atom. The topological polar surface area (TPSA) is 49.4 Å². The van der Waals surface area contributed by atoms with Gasteiger partial charge in [0.05, 0.1) is 0 Å². The molecule has 1 saturated carbocycles. The fourth-order valence-electron chi connectivity index (χ4n) is 3.53. The summed E-state index contributed by atoms with van der Waals surface area (Å²) in [5.74, 6) is 0.922. The summed E-state index contributed by atoms with van der Waals surface area (Å²) in [6.07, 6.45) is 4.48. The van der Waals surface area contributed by atoms with Crippen LogP contribution in [0.15, 0.2) is 0 Å². The highest BCUT2D eigenvalue weighted by Crippen LogP contribution is 2.31. The van der Waals surface area contributed by atoms with Crippen LogP contribution in [-0.2, 0) is 9.59 Å². The number of hydrogen-bond acceptors (Lipinski definition) is 2. The molecule has 108 valence electrons. The fraction of sp³-hybridized carbons (Fsp3) is 0.867. The Kier molecular flexibility index (Phi) is 4.16.